The lowest BCUT2D eigenvalue weighted by Gasteiger charge is -2.21. The van der Waals surface area contributed by atoms with Gasteiger partial charge in [-0.25, -0.2) is 0 Å². The zero-order valence-corrected chi connectivity index (χ0v) is 15.5. The first-order chi connectivity index (χ1) is 12.0. The Morgan fingerprint density at radius 2 is 1.80 bits per heavy atom. The molecule has 0 spiro atoms. The molecule has 0 aromatic rings. The lowest BCUT2D eigenvalue weighted by Crippen LogP contribution is -2.21. The van der Waals surface area contributed by atoms with E-state index < -0.39 is 24.3 Å². The predicted molar refractivity (Wildman–Crippen MR) is 98.2 cm³/mol. The average molecular weight is 357 g/mol. The maximum atomic E-state index is 10.4. The van der Waals surface area contributed by atoms with Gasteiger partial charge in [-0.3, -0.25) is 4.79 Å². The molecule has 0 saturated heterocycles. The smallest absolute Gasteiger partial charge is 0.303 e. The summed E-state index contributed by atoms with van der Waals surface area (Å²) in [6, 6.07) is 0. The number of aliphatic carboxylic acids is 1. The first-order valence-electron chi connectivity index (χ1n) is 9.90. The highest BCUT2D eigenvalue weighted by Crippen LogP contribution is 2.37. The minimum Gasteiger partial charge on any atom is -0.481 e. The third-order valence-corrected chi connectivity index (χ3v) is 5.25. The van der Waals surface area contributed by atoms with E-state index in [1.807, 2.05) is 6.08 Å². The van der Waals surface area contributed by atoms with Crippen molar-refractivity contribution >= 4 is 5.97 Å². The Morgan fingerprint density at radius 3 is 2.48 bits per heavy atom. The second-order valence-corrected chi connectivity index (χ2v) is 7.41. The molecule has 0 aromatic heterocycles. The van der Waals surface area contributed by atoms with E-state index in [1.54, 1.807) is 6.08 Å². The highest BCUT2D eigenvalue weighted by Gasteiger charge is 2.39. The molecule has 0 bridgehead atoms. The molecule has 25 heavy (non-hydrogen) atoms. The first-order valence-corrected chi connectivity index (χ1v) is 9.90. The van der Waals surface area contributed by atoms with Gasteiger partial charge in [-0.05, 0) is 25.2 Å². The predicted octanol–water partition coefficient (Wildman–Crippen LogP) is 3.27. The van der Waals surface area contributed by atoms with Crippen molar-refractivity contribution in [2.24, 2.45) is 11.8 Å². The Balaban J connectivity index is 2.31. The van der Waals surface area contributed by atoms with Crippen LogP contribution in [0.1, 0.15) is 77.6 Å². The van der Waals surface area contributed by atoms with Gasteiger partial charge < -0.3 is 20.4 Å². The number of unbranched alkanes of at least 4 members (excludes halogenated alkanes) is 5. The molecule has 0 amide bonds. The summed E-state index contributed by atoms with van der Waals surface area (Å²) in [5.74, 6) is -0.744. The normalized spacial score (nSPS) is 27.8. The van der Waals surface area contributed by atoms with Crippen LogP contribution in [-0.2, 0) is 4.79 Å². The van der Waals surface area contributed by atoms with Crippen molar-refractivity contribution in [3.63, 3.8) is 0 Å². The summed E-state index contributed by atoms with van der Waals surface area (Å²) in [5, 5.41) is 39.0. The van der Waals surface area contributed by atoms with Crippen molar-refractivity contribution in [2.45, 2.75) is 95.9 Å². The van der Waals surface area contributed by atoms with Crippen LogP contribution >= 0.6 is 0 Å². The maximum absolute atomic E-state index is 10.4. The Labute approximate surface area is 151 Å². The average Bonchev–Trinajstić information content (AvgIpc) is 2.82. The Kier molecular flexibility index (Phi) is 11.0. The van der Waals surface area contributed by atoms with Gasteiger partial charge in [-0.15, -0.1) is 0 Å². The molecule has 0 unspecified atom stereocenters. The van der Waals surface area contributed by atoms with Crippen LogP contribution in [0.5, 0.6) is 0 Å². The first kappa shape index (κ1) is 22.1. The van der Waals surface area contributed by atoms with Gasteiger partial charge in [0, 0.05) is 18.8 Å². The van der Waals surface area contributed by atoms with Crippen molar-refractivity contribution in [1.29, 1.82) is 0 Å². The van der Waals surface area contributed by atoms with Gasteiger partial charge in [0.1, 0.15) is 0 Å². The van der Waals surface area contributed by atoms with E-state index in [-0.39, 0.29) is 18.3 Å². The molecule has 5 nitrogen and oxygen atoms in total. The minimum atomic E-state index is -0.756. The van der Waals surface area contributed by atoms with Crippen molar-refractivity contribution in [1.82, 2.24) is 0 Å². The fourth-order valence-corrected chi connectivity index (χ4v) is 3.74. The van der Waals surface area contributed by atoms with E-state index in [0.29, 0.717) is 19.3 Å². The van der Waals surface area contributed by atoms with E-state index in [1.165, 1.54) is 0 Å². The zero-order chi connectivity index (χ0) is 18.7. The van der Waals surface area contributed by atoms with Crippen LogP contribution < -0.4 is 0 Å². The van der Waals surface area contributed by atoms with Crippen LogP contribution in [0.2, 0.25) is 0 Å². The second kappa shape index (κ2) is 12.4. The highest BCUT2D eigenvalue weighted by atomic mass is 16.4. The summed E-state index contributed by atoms with van der Waals surface area (Å²) in [6.45, 7) is 2.15. The number of carboxylic acids is 1. The van der Waals surface area contributed by atoms with Gasteiger partial charge in [-0.2, -0.15) is 0 Å². The minimum absolute atomic E-state index is 0.0722. The summed E-state index contributed by atoms with van der Waals surface area (Å²) in [6.07, 6.45) is 11.0. The number of carbonyl (C=O) groups is 1. The number of rotatable bonds is 13. The molecule has 5 atom stereocenters. The molecule has 1 saturated carbocycles. The molecule has 1 aliphatic rings. The van der Waals surface area contributed by atoms with E-state index in [2.05, 4.69) is 6.92 Å². The van der Waals surface area contributed by atoms with E-state index in [0.717, 1.165) is 44.9 Å². The van der Waals surface area contributed by atoms with Gasteiger partial charge in [0.15, 0.2) is 0 Å². The number of aliphatic hydroxyl groups excluding tert-OH is 3. The summed E-state index contributed by atoms with van der Waals surface area (Å²) in [4.78, 5) is 10.4. The number of carboxylic acid groups (broad SMARTS) is 1. The van der Waals surface area contributed by atoms with Gasteiger partial charge >= 0.3 is 5.97 Å². The molecule has 0 aliphatic heterocycles. The molecule has 146 valence electrons. The largest absolute Gasteiger partial charge is 0.481 e. The van der Waals surface area contributed by atoms with Crippen LogP contribution in [-0.4, -0.2) is 44.7 Å². The molecule has 0 radical (unpaired) electrons. The molecular weight excluding hydrogens is 320 g/mol. The van der Waals surface area contributed by atoms with E-state index in [4.69, 9.17) is 5.11 Å². The number of hydrogen-bond acceptors (Lipinski definition) is 4. The number of aliphatic hydroxyl groups is 3. The molecule has 4 N–H and O–H groups in total. The van der Waals surface area contributed by atoms with Gasteiger partial charge in [0.05, 0.1) is 18.3 Å². The molecule has 1 aliphatic carbocycles. The Morgan fingerprint density at radius 1 is 1.08 bits per heavy atom. The standard InChI is InChI=1S/C20H36O5/c1-2-3-6-10-16-17(19(23)14-18(16)22)13-12-15(21)9-7-4-5-8-11-20(24)25/h12-13,15-19,21-23H,2-11,14H2,1H3,(H,24,25)/b13-12+/t15-,16+,17-,18-,19+/m1/s1. The lowest BCUT2D eigenvalue weighted by atomic mass is 9.88. The van der Waals surface area contributed by atoms with Gasteiger partial charge in [0.25, 0.3) is 0 Å². The van der Waals surface area contributed by atoms with Crippen molar-refractivity contribution < 1.29 is 25.2 Å². The SMILES string of the molecule is CCCCC[C@H]1[C@@H](/C=C/[C@H](O)CCCCCCC(=O)O)[C@@H](O)C[C@H]1O. The number of hydrogen-bond donors (Lipinski definition) is 4. The van der Waals surface area contributed by atoms with Crippen LogP contribution in [0.4, 0.5) is 0 Å². The third-order valence-electron chi connectivity index (χ3n) is 5.25. The quantitative estimate of drug-likeness (QED) is 0.300. The monoisotopic (exact) mass is 356 g/mol. The lowest BCUT2D eigenvalue weighted by molar-refractivity contribution is -0.137. The van der Waals surface area contributed by atoms with E-state index in [9.17, 15) is 20.1 Å². The summed E-state index contributed by atoms with van der Waals surface area (Å²) >= 11 is 0. The highest BCUT2D eigenvalue weighted by molar-refractivity contribution is 5.66. The summed E-state index contributed by atoms with van der Waals surface area (Å²) < 4.78 is 0. The fraction of sp³-hybridized carbons (Fsp3) is 0.850. The van der Waals surface area contributed by atoms with Gasteiger partial charge in [-0.1, -0.05) is 57.6 Å². The van der Waals surface area contributed by atoms with Crippen molar-refractivity contribution in [3.05, 3.63) is 12.2 Å². The van der Waals surface area contributed by atoms with Crippen LogP contribution in [0, 0.1) is 11.8 Å². The third kappa shape index (κ3) is 8.84. The van der Waals surface area contributed by atoms with Crippen molar-refractivity contribution in [3.8, 4) is 0 Å². The van der Waals surface area contributed by atoms with E-state index >= 15 is 0 Å². The molecule has 5 heteroatoms. The topological polar surface area (TPSA) is 98.0 Å². The summed E-state index contributed by atoms with van der Waals surface area (Å²) in [7, 11) is 0. The van der Waals surface area contributed by atoms with Crippen molar-refractivity contribution in [2.75, 3.05) is 0 Å². The Bertz CT molecular complexity index is 396. The Hall–Kier alpha value is -0.910. The van der Waals surface area contributed by atoms with Crippen LogP contribution in [0.25, 0.3) is 0 Å². The molecular formula is C20H36O5. The summed E-state index contributed by atoms with van der Waals surface area (Å²) in [5.41, 5.74) is 0. The van der Waals surface area contributed by atoms with Crippen LogP contribution in [0.3, 0.4) is 0 Å². The molecule has 0 heterocycles. The zero-order valence-electron chi connectivity index (χ0n) is 15.5. The van der Waals surface area contributed by atoms with Crippen LogP contribution in [0.15, 0.2) is 12.2 Å². The molecule has 1 rings (SSSR count). The molecule has 0 aromatic carbocycles. The molecule has 1 fully saturated rings. The van der Waals surface area contributed by atoms with Gasteiger partial charge in [0.2, 0.25) is 0 Å². The fourth-order valence-electron chi connectivity index (χ4n) is 3.74. The second-order valence-electron chi connectivity index (χ2n) is 7.41. The maximum Gasteiger partial charge on any atom is 0.303 e.